The van der Waals surface area contributed by atoms with Gasteiger partial charge in [0.25, 0.3) is 5.89 Å². The molecule has 0 radical (unpaired) electrons. The number of carbonyl (C=O) groups is 2. The Bertz CT molecular complexity index is 1630. The number of anilines is 1. The van der Waals surface area contributed by atoms with E-state index in [2.05, 4.69) is 42.9 Å². The number of esters is 1. The molecule has 0 fully saturated rings. The van der Waals surface area contributed by atoms with Crippen molar-refractivity contribution in [2.24, 2.45) is 9.98 Å². The first-order valence-corrected chi connectivity index (χ1v) is 17.3. The first kappa shape index (κ1) is 40.4. The number of fused-ring (bicyclic) bond motifs is 1. The molecule has 2 aromatic carbocycles. The molecular weight excluding hydrogens is 650 g/mol. The zero-order valence-electron chi connectivity index (χ0n) is 30.8. The van der Waals surface area contributed by atoms with Gasteiger partial charge in [0.05, 0.1) is 11.1 Å². The molecule has 4 N–H and O–H groups in total. The monoisotopic (exact) mass is 703 g/mol. The van der Waals surface area contributed by atoms with Crippen molar-refractivity contribution in [3.8, 4) is 0 Å². The number of cyclic esters (lactones) is 1. The number of benzene rings is 2. The van der Waals surface area contributed by atoms with Gasteiger partial charge in [-0.3, -0.25) is 4.99 Å². The van der Waals surface area contributed by atoms with E-state index in [1.807, 2.05) is 77.1 Å². The third-order valence-electron chi connectivity index (χ3n) is 7.66. The van der Waals surface area contributed by atoms with Crippen LogP contribution in [0.3, 0.4) is 0 Å². The highest BCUT2D eigenvalue weighted by atomic mass is 16.6. The Balaban J connectivity index is 0.000000676. The molecule has 0 saturated heterocycles. The van der Waals surface area contributed by atoms with Crippen molar-refractivity contribution in [3.63, 3.8) is 0 Å². The number of rotatable bonds is 17. The summed E-state index contributed by atoms with van der Waals surface area (Å²) in [6, 6.07) is 15.4. The Labute approximate surface area is 301 Å². The van der Waals surface area contributed by atoms with Crippen LogP contribution in [0.15, 0.2) is 68.8 Å². The van der Waals surface area contributed by atoms with Gasteiger partial charge in [0, 0.05) is 44.1 Å². The molecule has 0 atom stereocenters. The van der Waals surface area contributed by atoms with Crippen LogP contribution in [-0.4, -0.2) is 72.8 Å². The lowest BCUT2D eigenvalue weighted by Gasteiger charge is -2.19. The van der Waals surface area contributed by atoms with Gasteiger partial charge in [0.2, 0.25) is 5.89 Å². The van der Waals surface area contributed by atoms with Crippen molar-refractivity contribution in [2.45, 2.75) is 90.8 Å². The quantitative estimate of drug-likeness (QED) is 0.0696. The summed E-state index contributed by atoms with van der Waals surface area (Å²) in [5, 5.41) is 25.9. The number of nitrogens with zero attached hydrogens (tertiary/aromatic N) is 4. The van der Waals surface area contributed by atoms with E-state index in [-0.39, 0.29) is 25.3 Å². The van der Waals surface area contributed by atoms with Crippen molar-refractivity contribution < 1.29 is 28.6 Å². The number of aliphatic imine (C=N–C) groups is 2. The second kappa shape index (κ2) is 20.0. The summed E-state index contributed by atoms with van der Waals surface area (Å²) in [6.07, 6.45) is 7.51. The van der Waals surface area contributed by atoms with E-state index >= 15 is 0 Å². The van der Waals surface area contributed by atoms with E-state index < -0.39 is 11.2 Å². The van der Waals surface area contributed by atoms with Gasteiger partial charge in [-0.1, -0.05) is 49.6 Å². The highest BCUT2D eigenvalue weighted by molar-refractivity contribution is 6.09. The minimum absolute atomic E-state index is 0.240. The van der Waals surface area contributed by atoms with E-state index in [4.69, 9.17) is 19.0 Å². The summed E-state index contributed by atoms with van der Waals surface area (Å²) in [5.41, 5.74) is 2.80. The first-order valence-electron chi connectivity index (χ1n) is 17.3. The molecule has 1 aliphatic rings. The number of nitrogens with one attached hydrogen (secondary N) is 3. The normalized spacial score (nSPS) is 13.7. The number of hydrogen-bond donors (Lipinski definition) is 4. The molecule has 4 rings (SSSR count). The van der Waals surface area contributed by atoms with Crippen LogP contribution in [0.25, 0.3) is 5.57 Å². The van der Waals surface area contributed by atoms with E-state index in [0.717, 1.165) is 49.8 Å². The standard InChI is InChI=1S/C30H43N7O5.C8H10O/c1-29(2,3)42-28(39)34-16-12-10-8-9-11-13-24-36-37-26(40-24)22(25(31-6)32-7)18-33-19-35-20-14-15-21-23(17-20)30(4,5)41-27(21)38;9-7-6-8-4-2-1-3-5-8/h14-15,17-18,32,35H,6,8-13,16,19H2,1-5,7H3,(H,34,39);1-5,9H,6-7H2/b25-22-,33-18-;. The van der Waals surface area contributed by atoms with Crippen LogP contribution in [-0.2, 0) is 27.9 Å². The Morgan fingerprint density at radius 3 is 2.45 bits per heavy atom. The smallest absolute Gasteiger partial charge is 0.407 e. The minimum Gasteiger partial charge on any atom is -0.451 e. The average molecular weight is 704 g/mol. The number of aryl methyl sites for hydroxylation is 1. The molecule has 0 bridgehead atoms. The van der Waals surface area contributed by atoms with Gasteiger partial charge in [-0.2, -0.15) is 0 Å². The molecule has 0 spiro atoms. The number of unbranched alkanes of at least 4 members (excludes halogenated alkanes) is 4. The topological polar surface area (TPSA) is 173 Å². The van der Waals surface area contributed by atoms with Gasteiger partial charge in [-0.25, -0.2) is 14.6 Å². The van der Waals surface area contributed by atoms with Gasteiger partial charge in [-0.05, 0) is 84.4 Å². The van der Waals surface area contributed by atoms with Crippen LogP contribution in [0.4, 0.5) is 10.5 Å². The summed E-state index contributed by atoms with van der Waals surface area (Å²) in [6.45, 7) is 14.0. The molecule has 276 valence electrons. The first-order chi connectivity index (χ1) is 24.4. The van der Waals surface area contributed by atoms with Crippen molar-refractivity contribution in [2.75, 3.05) is 32.2 Å². The number of hydrogen-bond acceptors (Lipinski definition) is 12. The molecule has 0 unspecified atom stereocenters. The molecule has 13 nitrogen and oxygen atoms in total. The zero-order chi connectivity index (χ0) is 37.3. The van der Waals surface area contributed by atoms with Gasteiger partial charge >= 0.3 is 12.1 Å². The molecule has 51 heavy (non-hydrogen) atoms. The highest BCUT2D eigenvalue weighted by Gasteiger charge is 2.37. The number of allylic oxidation sites excluding steroid dienone is 1. The summed E-state index contributed by atoms with van der Waals surface area (Å²) < 4.78 is 16.6. The molecular formula is C38H53N7O6. The fraction of sp³-hybridized carbons (Fsp3) is 0.474. The van der Waals surface area contributed by atoms with Gasteiger partial charge < -0.3 is 34.9 Å². The predicted octanol–water partition coefficient (Wildman–Crippen LogP) is 6.44. The van der Waals surface area contributed by atoms with Gasteiger partial charge in [0.1, 0.15) is 23.7 Å². The van der Waals surface area contributed by atoms with Crippen LogP contribution < -0.4 is 16.0 Å². The molecule has 0 saturated carbocycles. The Kier molecular flexibility index (Phi) is 15.8. The molecule has 1 aliphatic heterocycles. The van der Waals surface area contributed by atoms with E-state index in [1.165, 1.54) is 5.56 Å². The van der Waals surface area contributed by atoms with E-state index in [1.54, 1.807) is 19.3 Å². The number of amides is 1. The summed E-state index contributed by atoms with van der Waals surface area (Å²) in [7, 11) is 1.73. The van der Waals surface area contributed by atoms with Gasteiger partial charge in [-0.15, -0.1) is 10.2 Å². The fourth-order valence-corrected chi connectivity index (χ4v) is 5.14. The number of alkyl carbamates (subject to hydrolysis) is 1. The molecule has 0 aliphatic carbocycles. The molecule has 13 heteroatoms. The lowest BCUT2D eigenvalue weighted by molar-refractivity contribution is 0.00951. The third-order valence-corrected chi connectivity index (χ3v) is 7.66. The molecule has 3 aromatic rings. The number of carbonyl (C=O) groups excluding carboxylic acids is 2. The zero-order valence-corrected chi connectivity index (χ0v) is 30.8. The van der Waals surface area contributed by atoms with E-state index in [9.17, 15) is 9.59 Å². The average Bonchev–Trinajstić information content (AvgIpc) is 3.64. The predicted molar refractivity (Wildman–Crippen MR) is 200 cm³/mol. The highest BCUT2D eigenvalue weighted by Crippen LogP contribution is 2.37. The Morgan fingerprint density at radius 1 is 1.04 bits per heavy atom. The van der Waals surface area contributed by atoms with Crippen molar-refractivity contribution in [1.82, 2.24) is 20.8 Å². The van der Waals surface area contributed by atoms with Crippen LogP contribution >= 0.6 is 0 Å². The Morgan fingerprint density at radius 2 is 1.76 bits per heavy atom. The third kappa shape index (κ3) is 13.7. The van der Waals surface area contributed by atoms with Gasteiger partial charge in [0.15, 0.2) is 0 Å². The maximum atomic E-state index is 12.0. The van der Waals surface area contributed by atoms with Crippen LogP contribution in [0.1, 0.15) is 100.0 Å². The van der Waals surface area contributed by atoms with Crippen LogP contribution in [0, 0.1) is 0 Å². The van der Waals surface area contributed by atoms with Crippen LogP contribution in [0.5, 0.6) is 0 Å². The number of aliphatic hydroxyl groups is 1. The van der Waals surface area contributed by atoms with Crippen LogP contribution in [0.2, 0.25) is 0 Å². The number of aliphatic hydroxyl groups excluding tert-OH is 1. The second-order valence-corrected chi connectivity index (χ2v) is 13.4. The largest absolute Gasteiger partial charge is 0.451 e. The fourth-order valence-electron chi connectivity index (χ4n) is 5.14. The maximum Gasteiger partial charge on any atom is 0.407 e. The van der Waals surface area contributed by atoms with Crippen molar-refractivity contribution >= 4 is 36.3 Å². The summed E-state index contributed by atoms with van der Waals surface area (Å²) in [5.74, 6) is 0.990. The number of aromatic nitrogens is 2. The number of ether oxygens (including phenoxy) is 2. The second-order valence-electron chi connectivity index (χ2n) is 13.4. The molecule has 1 amide bonds. The summed E-state index contributed by atoms with van der Waals surface area (Å²) >= 11 is 0. The lowest BCUT2D eigenvalue weighted by Crippen LogP contribution is -2.32. The lowest BCUT2D eigenvalue weighted by atomic mass is 9.95. The minimum atomic E-state index is -0.670. The molecule has 1 aromatic heterocycles. The van der Waals surface area contributed by atoms with E-state index in [0.29, 0.717) is 41.7 Å². The van der Waals surface area contributed by atoms with Crippen molar-refractivity contribution in [3.05, 3.63) is 82.8 Å². The summed E-state index contributed by atoms with van der Waals surface area (Å²) in [4.78, 5) is 32.2. The SMILES string of the molecule is C=N/C(NC)=C(\C=N/CNc1ccc2c(c1)C(C)(C)OC2=O)c1nnc(CCCCCCCNC(=O)OC(C)(C)C)o1.OCCc1ccccc1. The molecule has 2 heterocycles. The maximum absolute atomic E-state index is 12.0. The van der Waals surface area contributed by atoms with Crippen molar-refractivity contribution in [1.29, 1.82) is 0 Å². The Hall–Kier alpha value is -5.04.